The van der Waals surface area contributed by atoms with Crippen LogP contribution in [0.5, 0.6) is 0 Å². The number of halogens is 1. The number of carbonyl (C=O) groups excluding carboxylic acids is 1. The van der Waals surface area contributed by atoms with E-state index in [0.717, 1.165) is 25.0 Å². The third-order valence-corrected chi connectivity index (χ3v) is 6.32. The lowest BCUT2D eigenvalue weighted by atomic mass is 9.94. The molecule has 8 heteroatoms. The van der Waals surface area contributed by atoms with Crippen LogP contribution in [0.1, 0.15) is 39.5 Å². The van der Waals surface area contributed by atoms with Crippen molar-refractivity contribution < 1.29 is 17.6 Å². The van der Waals surface area contributed by atoms with Gasteiger partial charge in [-0.3, -0.25) is 4.79 Å². The molecular weight excluding hydrogens is 345 g/mol. The molecule has 0 radical (unpaired) electrons. The molecule has 0 bridgehead atoms. The lowest BCUT2D eigenvalue weighted by molar-refractivity contribution is -0.121. The van der Waals surface area contributed by atoms with Crippen molar-refractivity contribution in [2.45, 2.75) is 50.0 Å². The molecule has 25 heavy (non-hydrogen) atoms. The van der Waals surface area contributed by atoms with Gasteiger partial charge in [0.25, 0.3) is 0 Å². The predicted molar refractivity (Wildman–Crippen MR) is 96.0 cm³/mol. The average molecular weight is 373 g/mol. The molecule has 1 aromatic carbocycles. The molecule has 1 rings (SSSR count). The molecule has 0 atom stereocenters. The third-order valence-electron chi connectivity index (χ3n) is 4.44. The normalized spacial score (nSPS) is 12.4. The van der Waals surface area contributed by atoms with Crippen molar-refractivity contribution in [3.63, 3.8) is 0 Å². The summed E-state index contributed by atoms with van der Waals surface area (Å²) in [6, 6.07) is 4.66. The van der Waals surface area contributed by atoms with E-state index in [1.165, 1.54) is 23.5 Å². The number of hydrogen-bond acceptors (Lipinski definition) is 4. The molecule has 0 saturated heterocycles. The van der Waals surface area contributed by atoms with Crippen LogP contribution in [-0.4, -0.2) is 44.3 Å². The van der Waals surface area contributed by atoms with Gasteiger partial charge < -0.3 is 11.1 Å². The molecule has 0 unspecified atom stereocenters. The van der Waals surface area contributed by atoms with E-state index in [0.29, 0.717) is 13.0 Å². The smallest absolute Gasteiger partial charge is 0.242 e. The summed E-state index contributed by atoms with van der Waals surface area (Å²) < 4.78 is 38.8. The van der Waals surface area contributed by atoms with Gasteiger partial charge in [0.05, 0.1) is 4.90 Å². The Bertz CT molecular complexity index is 658. The second-order valence-corrected chi connectivity index (χ2v) is 8.28. The van der Waals surface area contributed by atoms with Crippen molar-refractivity contribution >= 4 is 15.9 Å². The molecule has 0 aromatic heterocycles. The maximum absolute atomic E-state index is 12.9. The molecule has 0 fully saturated rings. The van der Waals surface area contributed by atoms with E-state index in [4.69, 9.17) is 5.73 Å². The van der Waals surface area contributed by atoms with Crippen LogP contribution in [0.2, 0.25) is 0 Å². The van der Waals surface area contributed by atoms with E-state index < -0.39 is 21.4 Å². The van der Waals surface area contributed by atoms with Crippen molar-refractivity contribution in [1.82, 2.24) is 9.62 Å². The van der Waals surface area contributed by atoms with Crippen LogP contribution in [0.4, 0.5) is 4.39 Å². The van der Waals surface area contributed by atoms with E-state index in [-0.39, 0.29) is 23.8 Å². The van der Waals surface area contributed by atoms with Crippen molar-refractivity contribution in [2.75, 3.05) is 20.1 Å². The summed E-state index contributed by atoms with van der Waals surface area (Å²) in [5.74, 6) is -0.641. The minimum atomic E-state index is -3.68. The highest BCUT2D eigenvalue weighted by Gasteiger charge is 2.22. The first-order valence-electron chi connectivity index (χ1n) is 8.42. The van der Waals surface area contributed by atoms with Crippen molar-refractivity contribution in [3.05, 3.63) is 30.1 Å². The van der Waals surface area contributed by atoms with Gasteiger partial charge in [0.15, 0.2) is 0 Å². The Balaban J connectivity index is 2.47. The van der Waals surface area contributed by atoms with Gasteiger partial charge >= 0.3 is 0 Å². The Morgan fingerprint density at radius 1 is 1.24 bits per heavy atom. The van der Waals surface area contributed by atoms with Crippen LogP contribution < -0.4 is 11.1 Å². The molecule has 0 spiro atoms. The number of rotatable bonds is 10. The standard InChI is InChI=1S/C17H28FN3O3S/c1-4-17(19,5-2)13-20-16(22)7-6-12-21(3)25(23,24)15-10-8-14(18)9-11-15/h8-11H,4-7,12-13,19H2,1-3H3,(H,20,22). The molecule has 0 heterocycles. The molecule has 1 aromatic rings. The Morgan fingerprint density at radius 2 is 1.80 bits per heavy atom. The number of benzene rings is 1. The molecule has 3 N–H and O–H groups in total. The highest BCUT2D eigenvalue weighted by Crippen LogP contribution is 2.15. The summed E-state index contributed by atoms with van der Waals surface area (Å²) in [7, 11) is -2.24. The zero-order valence-electron chi connectivity index (χ0n) is 15.1. The molecule has 0 aliphatic rings. The summed E-state index contributed by atoms with van der Waals surface area (Å²) >= 11 is 0. The van der Waals surface area contributed by atoms with Crippen LogP contribution in [0.3, 0.4) is 0 Å². The summed E-state index contributed by atoms with van der Waals surface area (Å²) in [5.41, 5.74) is 5.72. The van der Waals surface area contributed by atoms with E-state index >= 15 is 0 Å². The highest BCUT2D eigenvalue weighted by molar-refractivity contribution is 7.89. The molecule has 142 valence electrons. The number of nitrogens with two attached hydrogens (primary N) is 1. The van der Waals surface area contributed by atoms with Gasteiger partial charge in [-0.2, -0.15) is 0 Å². The van der Waals surface area contributed by atoms with Crippen LogP contribution >= 0.6 is 0 Å². The summed E-state index contributed by atoms with van der Waals surface area (Å²) in [6.45, 7) is 4.56. The first-order valence-corrected chi connectivity index (χ1v) is 9.86. The quantitative estimate of drug-likeness (QED) is 0.655. The second-order valence-electron chi connectivity index (χ2n) is 6.23. The van der Waals surface area contributed by atoms with Gasteiger partial charge in [-0.25, -0.2) is 17.1 Å². The van der Waals surface area contributed by atoms with E-state index in [1.54, 1.807) is 0 Å². The van der Waals surface area contributed by atoms with Crippen molar-refractivity contribution in [3.8, 4) is 0 Å². The fourth-order valence-electron chi connectivity index (χ4n) is 2.23. The largest absolute Gasteiger partial charge is 0.354 e. The van der Waals surface area contributed by atoms with E-state index in [9.17, 15) is 17.6 Å². The third kappa shape index (κ3) is 6.37. The van der Waals surface area contributed by atoms with Gasteiger partial charge in [-0.05, 0) is 43.5 Å². The number of hydrogen-bond donors (Lipinski definition) is 2. The summed E-state index contributed by atoms with van der Waals surface area (Å²) in [5, 5.41) is 2.80. The van der Waals surface area contributed by atoms with Gasteiger partial charge in [0.1, 0.15) is 5.82 Å². The first-order chi connectivity index (χ1) is 11.6. The Morgan fingerprint density at radius 3 is 2.32 bits per heavy atom. The Labute approximate surface area is 149 Å². The fraction of sp³-hybridized carbons (Fsp3) is 0.588. The Kier molecular flexibility index (Phi) is 7.98. The van der Waals surface area contributed by atoms with Crippen LogP contribution in [-0.2, 0) is 14.8 Å². The zero-order valence-corrected chi connectivity index (χ0v) is 15.9. The maximum atomic E-state index is 12.9. The topological polar surface area (TPSA) is 92.5 Å². The monoisotopic (exact) mass is 373 g/mol. The van der Waals surface area contributed by atoms with Crippen molar-refractivity contribution in [2.24, 2.45) is 5.73 Å². The predicted octanol–water partition coefficient (Wildman–Crippen LogP) is 1.86. The van der Waals surface area contributed by atoms with Gasteiger partial charge in [0, 0.05) is 32.1 Å². The van der Waals surface area contributed by atoms with E-state index in [1.807, 2.05) is 13.8 Å². The number of sulfonamides is 1. The minimum absolute atomic E-state index is 0.0275. The molecular formula is C17H28FN3O3S. The minimum Gasteiger partial charge on any atom is -0.354 e. The number of amides is 1. The molecule has 0 saturated carbocycles. The van der Waals surface area contributed by atoms with Gasteiger partial charge in [-0.15, -0.1) is 0 Å². The van der Waals surface area contributed by atoms with Crippen LogP contribution in [0.15, 0.2) is 29.2 Å². The van der Waals surface area contributed by atoms with Gasteiger partial charge in [-0.1, -0.05) is 13.8 Å². The van der Waals surface area contributed by atoms with Gasteiger partial charge in [0.2, 0.25) is 15.9 Å². The van der Waals surface area contributed by atoms with Crippen LogP contribution in [0, 0.1) is 5.82 Å². The molecule has 0 aliphatic carbocycles. The lowest BCUT2D eigenvalue weighted by Crippen LogP contribution is -2.49. The number of nitrogens with zero attached hydrogens (tertiary/aromatic N) is 1. The van der Waals surface area contributed by atoms with E-state index in [2.05, 4.69) is 5.32 Å². The average Bonchev–Trinajstić information content (AvgIpc) is 2.60. The molecule has 1 amide bonds. The van der Waals surface area contributed by atoms with Crippen molar-refractivity contribution in [1.29, 1.82) is 0 Å². The van der Waals surface area contributed by atoms with Crippen LogP contribution in [0.25, 0.3) is 0 Å². The Hall–Kier alpha value is -1.51. The number of carbonyl (C=O) groups is 1. The molecule has 0 aliphatic heterocycles. The number of nitrogens with one attached hydrogen (secondary N) is 1. The second kappa shape index (κ2) is 9.26. The SMILES string of the molecule is CCC(N)(CC)CNC(=O)CCCN(C)S(=O)(=O)c1ccc(F)cc1. The lowest BCUT2D eigenvalue weighted by Gasteiger charge is -2.26. The first kappa shape index (κ1) is 21.5. The highest BCUT2D eigenvalue weighted by atomic mass is 32.2. The molecule has 6 nitrogen and oxygen atoms in total. The maximum Gasteiger partial charge on any atom is 0.242 e. The zero-order chi connectivity index (χ0) is 19.1. The fourth-order valence-corrected chi connectivity index (χ4v) is 3.44. The summed E-state index contributed by atoms with van der Waals surface area (Å²) in [4.78, 5) is 11.9. The summed E-state index contributed by atoms with van der Waals surface area (Å²) in [6.07, 6.45) is 2.14.